The summed E-state index contributed by atoms with van der Waals surface area (Å²) in [5, 5.41) is 1.00. The van der Waals surface area contributed by atoms with E-state index in [-0.39, 0.29) is 4.75 Å². The third kappa shape index (κ3) is 3.16. The van der Waals surface area contributed by atoms with Gasteiger partial charge in [-0.3, -0.25) is 0 Å². The van der Waals surface area contributed by atoms with E-state index in [1.807, 2.05) is 18.3 Å². The Kier molecular flexibility index (Phi) is 4.85. The van der Waals surface area contributed by atoms with Crippen molar-refractivity contribution in [3.8, 4) is 0 Å². The highest BCUT2D eigenvalue weighted by molar-refractivity contribution is 8.00. The van der Waals surface area contributed by atoms with Crippen molar-refractivity contribution in [2.45, 2.75) is 9.77 Å². The molecule has 0 saturated carbocycles. The minimum Gasteiger partial charge on any atom is -0.250 e. The standard InChI is InChI=1S/C24H19NS/c1-4-12-20(13-5-1)24(21-14-6-2-7-15-21,22-16-8-3-9-17-22)26-23-18-10-11-19-25-23/h1-19H. The highest BCUT2D eigenvalue weighted by Crippen LogP contribution is 2.50. The molecule has 0 N–H and O–H groups in total. The summed E-state index contributed by atoms with van der Waals surface area (Å²) in [6, 6.07) is 38.1. The largest absolute Gasteiger partial charge is 0.250 e. The molecule has 4 aromatic rings. The van der Waals surface area contributed by atoms with E-state index in [0.717, 1.165) is 5.03 Å². The van der Waals surface area contributed by atoms with E-state index in [9.17, 15) is 0 Å². The third-order valence-electron chi connectivity index (χ3n) is 4.44. The van der Waals surface area contributed by atoms with Crippen molar-refractivity contribution in [3.05, 3.63) is 132 Å². The van der Waals surface area contributed by atoms with Gasteiger partial charge in [-0.25, -0.2) is 4.98 Å². The van der Waals surface area contributed by atoms with Crippen LogP contribution < -0.4 is 0 Å². The fourth-order valence-electron chi connectivity index (χ4n) is 3.26. The minimum absolute atomic E-state index is 0.363. The summed E-state index contributed by atoms with van der Waals surface area (Å²) in [5.74, 6) is 0. The fourth-order valence-corrected chi connectivity index (χ4v) is 4.60. The van der Waals surface area contributed by atoms with Gasteiger partial charge in [-0.15, -0.1) is 0 Å². The first-order valence-electron chi connectivity index (χ1n) is 8.66. The molecule has 0 aliphatic carbocycles. The molecule has 0 saturated heterocycles. The monoisotopic (exact) mass is 353 g/mol. The molecule has 0 aliphatic rings. The first kappa shape index (κ1) is 16.6. The quantitative estimate of drug-likeness (QED) is 0.314. The maximum Gasteiger partial charge on any atom is 0.0975 e. The topological polar surface area (TPSA) is 12.9 Å². The van der Waals surface area contributed by atoms with Gasteiger partial charge in [0.1, 0.15) is 0 Å². The van der Waals surface area contributed by atoms with E-state index >= 15 is 0 Å². The second kappa shape index (κ2) is 7.59. The Labute approximate surface area is 158 Å². The Bertz CT molecular complexity index is 842. The minimum atomic E-state index is -0.363. The predicted octanol–water partition coefficient (Wildman–Crippen LogP) is 6.17. The van der Waals surface area contributed by atoms with Crippen molar-refractivity contribution in [2.24, 2.45) is 0 Å². The molecule has 0 fully saturated rings. The van der Waals surface area contributed by atoms with Gasteiger partial charge in [0, 0.05) is 6.20 Å². The molecule has 26 heavy (non-hydrogen) atoms. The van der Waals surface area contributed by atoms with Gasteiger partial charge in [-0.2, -0.15) is 0 Å². The van der Waals surface area contributed by atoms with Crippen LogP contribution in [0.25, 0.3) is 0 Å². The van der Waals surface area contributed by atoms with Gasteiger partial charge in [0.05, 0.1) is 9.77 Å². The summed E-state index contributed by atoms with van der Waals surface area (Å²) in [6.45, 7) is 0. The van der Waals surface area contributed by atoms with E-state index in [1.54, 1.807) is 11.8 Å². The Morgan fingerprint density at radius 2 is 0.923 bits per heavy atom. The predicted molar refractivity (Wildman–Crippen MR) is 109 cm³/mol. The number of aromatic nitrogens is 1. The van der Waals surface area contributed by atoms with Crippen LogP contribution in [-0.2, 0) is 4.75 Å². The third-order valence-corrected chi connectivity index (χ3v) is 5.90. The second-order valence-electron chi connectivity index (χ2n) is 6.05. The number of rotatable bonds is 5. The van der Waals surface area contributed by atoms with Gasteiger partial charge in [0.2, 0.25) is 0 Å². The van der Waals surface area contributed by atoms with Gasteiger partial charge in [-0.05, 0) is 28.8 Å². The average molecular weight is 353 g/mol. The van der Waals surface area contributed by atoms with Crippen LogP contribution in [0.3, 0.4) is 0 Å². The van der Waals surface area contributed by atoms with Crippen LogP contribution in [0.1, 0.15) is 16.7 Å². The summed E-state index contributed by atoms with van der Waals surface area (Å²) in [4.78, 5) is 4.60. The van der Waals surface area contributed by atoms with E-state index in [4.69, 9.17) is 0 Å². The number of hydrogen-bond donors (Lipinski definition) is 0. The first-order valence-corrected chi connectivity index (χ1v) is 9.48. The van der Waals surface area contributed by atoms with E-state index in [0.29, 0.717) is 0 Å². The Morgan fingerprint density at radius 3 is 1.31 bits per heavy atom. The van der Waals surface area contributed by atoms with Crippen molar-refractivity contribution >= 4 is 11.8 Å². The van der Waals surface area contributed by atoms with Crippen LogP contribution in [0.4, 0.5) is 0 Å². The summed E-state index contributed by atoms with van der Waals surface area (Å²) >= 11 is 1.78. The number of pyridine rings is 1. The molecule has 0 aliphatic heterocycles. The smallest absolute Gasteiger partial charge is 0.0975 e. The molecule has 0 amide bonds. The number of thioether (sulfide) groups is 1. The first-order chi connectivity index (χ1) is 12.9. The molecule has 1 heterocycles. The average Bonchev–Trinajstić information content (AvgIpc) is 2.75. The lowest BCUT2D eigenvalue weighted by atomic mass is 9.84. The highest BCUT2D eigenvalue weighted by Gasteiger charge is 2.37. The van der Waals surface area contributed by atoms with Crippen molar-refractivity contribution < 1.29 is 0 Å². The second-order valence-corrected chi connectivity index (χ2v) is 7.28. The Balaban J connectivity index is 2.00. The zero-order valence-electron chi connectivity index (χ0n) is 14.3. The Morgan fingerprint density at radius 1 is 0.500 bits per heavy atom. The molecular weight excluding hydrogens is 334 g/mol. The van der Waals surface area contributed by atoms with Gasteiger partial charge in [0.25, 0.3) is 0 Å². The molecule has 4 rings (SSSR count). The van der Waals surface area contributed by atoms with Crippen molar-refractivity contribution in [3.63, 3.8) is 0 Å². The molecule has 0 spiro atoms. The van der Waals surface area contributed by atoms with Crippen LogP contribution in [-0.4, -0.2) is 4.98 Å². The number of nitrogens with zero attached hydrogens (tertiary/aromatic N) is 1. The number of hydrogen-bond acceptors (Lipinski definition) is 2. The molecule has 2 heteroatoms. The van der Waals surface area contributed by atoms with E-state index in [1.165, 1.54) is 16.7 Å². The van der Waals surface area contributed by atoms with Crippen LogP contribution in [0.2, 0.25) is 0 Å². The Hall–Kier alpha value is -2.84. The number of benzene rings is 3. The lowest BCUT2D eigenvalue weighted by molar-refractivity contribution is 0.888. The van der Waals surface area contributed by atoms with E-state index < -0.39 is 0 Å². The molecule has 1 nitrogen and oxygen atoms in total. The van der Waals surface area contributed by atoms with Gasteiger partial charge in [-0.1, -0.05) is 109 Å². The van der Waals surface area contributed by atoms with E-state index in [2.05, 4.69) is 102 Å². The molecule has 0 unspecified atom stereocenters. The molecule has 3 aromatic carbocycles. The SMILES string of the molecule is c1ccc(C(Sc2ccccn2)(c2ccccc2)c2ccccc2)cc1. The van der Waals surface area contributed by atoms with Gasteiger partial charge < -0.3 is 0 Å². The molecular formula is C24H19NS. The van der Waals surface area contributed by atoms with Crippen LogP contribution in [0.15, 0.2) is 120 Å². The highest BCUT2D eigenvalue weighted by atomic mass is 32.2. The molecule has 126 valence electrons. The molecule has 0 bridgehead atoms. The maximum absolute atomic E-state index is 4.60. The van der Waals surface area contributed by atoms with Crippen molar-refractivity contribution in [1.29, 1.82) is 0 Å². The molecule has 1 aromatic heterocycles. The van der Waals surface area contributed by atoms with Crippen molar-refractivity contribution in [1.82, 2.24) is 4.98 Å². The molecule has 0 atom stereocenters. The summed E-state index contributed by atoms with van der Waals surface area (Å²) in [7, 11) is 0. The van der Waals surface area contributed by atoms with Crippen LogP contribution >= 0.6 is 11.8 Å². The summed E-state index contributed by atoms with van der Waals surface area (Å²) in [5.41, 5.74) is 3.73. The zero-order valence-corrected chi connectivity index (χ0v) is 15.1. The molecule has 0 radical (unpaired) electrons. The van der Waals surface area contributed by atoms with Gasteiger partial charge in [0.15, 0.2) is 0 Å². The fraction of sp³-hybridized carbons (Fsp3) is 0.0417. The summed E-state index contributed by atoms with van der Waals surface area (Å²) < 4.78 is -0.363. The summed E-state index contributed by atoms with van der Waals surface area (Å²) in [6.07, 6.45) is 1.86. The van der Waals surface area contributed by atoms with Crippen LogP contribution in [0.5, 0.6) is 0 Å². The lowest BCUT2D eigenvalue weighted by Crippen LogP contribution is -2.25. The van der Waals surface area contributed by atoms with Gasteiger partial charge >= 0.3 is 0 Å². The zero-order chi connectivity index (χ0) is 17.7. The lowest BCUT2D eigenvalue weighted by Gasteiger charge is -2.35. The normalized spacial score (nSPS) is 11.2. The maximum atomic E-state index is 4.60. The van der Waals surface area contributed by atoms with Crippen LogP contribution in [0, 0.1) is 0 Å². The van der Waals surface area contributed by atoms with Crippen molar-refractivity contribution in [2.75, 3.05) is 0 Å².